The van der Waals surface area contributed by atoms with Crippen molar-refractivity contribution in [2.45, 2.75) is 20.3 Å². The van der Waals surface area contributed by atoms with Gasteiger partial charge in [0, 0.05) is 11.8 Å². The highest BCUT2D eigenvalue weighted by molar-refractivity contribution is 7.92. The first-order valence-corrected chi connectivity index (χ1v) is 9.02. The van der Waals surface area contributed by atoms with Crippen LogP contribution in [0.1, 0.15) is 20.3 Å². The van der Waals surface area contributed by atoms with Crippen molar-refractivity contribution in [3.8, 4) is 5.75 Å². The average molecular weight is 329 g/mol. The summed E-state index contributed by atoms with van der Waals surface area (Å²) in [6.45, 7) is 3.97. The van der Waals surface area contributed by atoms with Gasteiger partial charge in [0.25, 0.3) is 0 Å². The Morgan fingerprint density at radius 3 is 2.76 bits per heavy atom. The topological polar surface area (TPSA) is 94.3 Å². The molecule has 0 atom stereocenters. The van der Waals surface area contributed by atoms with Gasteiger partial charge in [-0.1, -0.05) is 25.2 Å². The van der Waals surface area contributed by atoms with Crippen molar-refractivity contribution in [1.29, 1.82) is 0 Å². The van der Waals surface area contributed by atoms with E-state index in [1.807, 2.05) is 13.8 Å². The van der Waals surface area contributed by atoms with Crippen LogP contribution in [0.5, 0.6) is 5.75 Å². The number of hydrogen-bond donors (Lipinski definition) is 2. The quantitative estimate of drug-likeness (QED) is 0.795. The molecule has 0 fully saturated rings. The molecule has 2 aromatic rings. The molecule has 0 spiro atoms. The summed E-state index contributed by atoms with van der Waals surface area (Å²) in [5, 5.41) is 0.331. The van der Waals surface area contributed by atoms with Gasteiger partial charge < -0.3 is 10.5 Å². The lowest BCUT2D eigenvalue weighted by Crippen LogP contribution is -2.17. The third-order valence-corrected chi connectivity index (χ3v) is 5.23. The summed E-state index contributed by atoms with van der Waals surface area (Å²) >= 11 is 1.24. The number of nitrogens with two attached hydrogens (primary N) is 1. The first-order chi connectivity index (χ1) is 9.80. The minimum atomic E-state index is -3.38. The zero-order valence-corrected chi connectivity index (χ0v) is 13.8. The van der Waals surface area contributed by atoms with Crippen LogP contribution < -0.4 is 15.2 Å². The van der Waals surface area contributed by atoms with E-state index < -0.39 is 10.0 Å². The molecule has 8 heteroatoms. The van der Waals surface area contributed by atoms with Gasteiger partial charge in [-0.25, -0.2) is 13.4 Å². The third kappa shape index (κ3) is 3.98. The second kappa shape index (κ2) is 6.07. The summed E-state index contributed by atoms with van der Waals surface area (Å²) in [4.78, 5) is 4.28. The standard InChI is InChI=1S/C13H19N3O3S2/c1-8(2)4-5-21(17,18)16-13-15-12-10(19-3)6-9(14)7-11(12)20-13/h6-8H,4-5,14H2,1-3H3,(H,15,16). The van der Waals surface area contributed by atoms with E-state index >= 15 is 0 Å². The molecule has 21 heavy (non-hydrogen) atoms. The van der Waals surface area contributed by atoms with Crippen molar-refractivity contribution in [2.75, 3.05) is 23.3 Å². The Balaban J connectivity index is 2.27. The number of sulfonamides is 1. The Morgan fingerprint density at radius 2 is 2.14 bits per heavy atom. The molecule has 0 bridgehead atoms. The predicted molar refractivity (Wildman–Crippen MR) is 87.4 cm³/mol. The van der Waals surface area contributed by atoms with Crippen LogP contribution in [0.3, 0.4) is 0 Å². The van der Waals surface area contributed by atoms with Crippen LogP contribution in [0.25, 0.3) is 10.2 Å². The lowest BCUT2D eigenvalue weighted by Gasteiger charge is -2.06. The lowest BCUT2D eigenvalue weighted by molar-refractivity contribution is 0.419. The first kappa shape index (κ1) is 15.8. The number of anilines is 2. The number of hydrogen-bond acceptors (Lipinski definition) is 6. The molecule has 0 aliphatic heterocycles. The third-order valence-electron chi connectivity index (χ3n) is 2.91. The molecule has 0 aliphatic rings. The summed E-state index contributed by atoms with van der Waals surface area (Å²) in [6, 6.07) is 3.42. The summed E-state index contributed by atoms with van der Waals surface area (Å²) in [7, 11) is -1.85. The highest BCUT2D eigenvalue weighted by Gasteiger charge is 2.16. The number of ether oxygens (including phenoxy) is 1. The van der Waals surface area contributed by atoms with Crippen LogP contribution in [0.4, 0.5) is 10.8 Å². The van der Waals surface area contributed by atoms with Gasteiger partial charge in [-0.2, -0.15) is 0 Å². The second-order valence-electron chi connectivity index (χ2n) is 5.19. The van der Waals surface area contributed by atoms with E-state index in [4.69, 9.17) is 10.5 Å². The molecule has 1 aromatic heterocycles. The predicted octanol–water partition coefficient (Wildman–Crippen LogP) is 2.67. The Hall–Kier alpha value is -1.54. The van der Waals surface area contributed by atoms with Crippen molar-refractivity contribution in [2.24, 2.45) is 5.92 Å². The molecule has 1 aromatic carbocycles. The monoisotopic (exact) mass is 329 g/mol. The zero-order chi connectivity index (χ0) is 15.6. The number of fused-ring (bicyclic) bond motifs is 1. The van der Waals surface area contributed by atoms with Crippen LogP contribution in [-0.4, -0.2) is 26.3 Å². The minimum absolute atomic E-state index is 0.0832. The van der Waals surface area contributed by atoms with Gasteiger partial charge in [0.05, 0.1) is 17.6 Å². The van der Waals surface area contributed by atoms with Crippen molar-refractivity contribution in [1.82, 2.24) is 4.98 Å². The van der Waals surface area contributed by atoms with Crippen LogP contribution in [0, 0.1) is 5.92 Å². The number of nitrogen functional groups attached to an aromatic ring is 1. The number of nitrogens with zero attached hydrogens (tertiary/aromatic N) is 1. The maximum Gasteiger partial charge on any atom is 0.234 e. The summed E-state index contributed by atoms with van der Waals surface area (Å²) in [5.74, 6) is 0.950. The number of methoxy groups -OCH3 is 1. The second-order valence-corrected chi connectivity index (χ2v) is 8.06. The van der Waals surface area contributed by atoms with Crippen LogP contribution in [-0.2, 0) is 10.0 Å². The SMILES string of the molecule is COc1cc(N)cc2sc(NS(=O)(=O)CCC(C)C)nc12. The molecular formula is C13H19N3O3S2. The van der Waals surface area contributed by atoms with Gasteiger partial charge in [0.15, 0.2) is 5.13 Å². The molecule has 116 valence electrons. The van der Waals surface area contributed by atoms with Crippen molar-refractivity contribution in [3.63, 3.8) is 0 Å². The number of benzene rings is 1. The van der Waals surface area contributed by atoms with Crippen molar-refractivity contribution >= 4 is 42.4 Å². The highest BCUT2D eigenvalue weighted by atomic mass is 32.2. The smallest absolute Gasteiger partial charge is 0.234 e. The fourth-order valence-corrected chi connectivity index (χ4v) is 4.32. The Morgan fingerprint density at radius 1 is 1.43 bits per heavy atom. The average Bonchev–Trinajstić information content (AvgIpc) is 2.76. The maximum atomic E-state index is 12.0. The van der Waals surface area contributed by atoms with E-state index in [0.29, 0.717) is 34.4 Å². The molecule has 0 saturated carbocycles. The van der Waals surface area contributed by atoms with Crippen molar-refractivity contribution < 1.29 is 13.2 Å². The number of nitrogens with one attached hydrogen (secondary N) is 1. The Bertz CT molecular complexity index is 738. The molecule has 0 saturated heterocycles. The minimum Gasteiger partial charge on any atom is -0.494 e. The molecule has 0 amide bonds. The number of rotatable bonds is 6. The molecule has 0 radical (unpaired) electrons. The molecule has 0 aliphatic carbocycles. The van der Waals surface area contributed by atoms with E-state index in [9.17, 15) is 8.42 Å². The summed E-state index contributed by atoms with van der Waals surface area (Å²) in [6.07, 6.45) is 0.608. The first-order valence-electron chi connectivity index (χ1n) is 6.55. The fourth-order valence-electron chi connectivity index (χ4n) is 1.79. The lowest BCUT2D eigenvalue weighted by atomic mass is 10.2. The molecule has 2 rings (SSSR count). The van der Waals surface area contributed by atoms with E-state index in [0.717, 1.165) is 4.70 Å². The van der Waals surface area contributed by atoms with Crippen LogP contribution in [0.2, 0.25) is 0 Å². The molecule has 3 N–H and O–H groups in total. The molecule has 0 unspecified atom stereocenters. The van der Waals surface area contributed by atoms with Gasteiger partial charge in [0.2, 0.25) is 10.0 Å². The van der Waals surface area contributed by atoms with E-state index in [1.54, 1.807) is 12.1 Å². The Kier molecular flexibility index (Phi) is 4.58. The van der Waals surface area contributed by atoms with Crippen molar-refractivity contribution in [3.05, 3.63) is 12.1 Å². The normalized spacial score (nSPS) is 12.0. The molecular weight excluding hydrogens is 310 g/mol. The zero-order valence-electron chi connectivity index (χ0n) is 12.2. The maximum absolute atomic E-state index is 12.0. The van der Waals surface area contributed by atoms with Gasteiger partial charge >= 0.3 is 0 Å². The molecule has 6 nitrogen and oxygen atoms in total. The number of thiazole rings is 1. The highest BCUT2D eigenvalue weighted by Crippen LogP contribution is 2.34. The summed E-state index contributed by atoms with van der Waals surface area (Å²) in [5.41, 5.74) is 6.94. The van der Waals surface area contributed by atoms with Gasteiger partial charge in [0.1, 0.15) is 11.3 Å². The van der Waals surface area contributed by atoms with Crippen LogP contribution in [0.15, 0.2) is 12.1 Å². The van der Waals surface area contributed by atoms with E-state index in [2.05, 4.69) is 9.71 Å². The summed E-state index contributed by atoms with van der Waals surface area (Å²) < 4.78 is 32.5. The van der Waals surface area contributed by atoms with E-state index in [-0.39, 0.29) is 5.75 Å². The van der Waals surface area contributed by atoms with Crippen LogP contribution >= 0.6 is 11.3 Å². The van der Waals surface area contributed by atoms with Gasteiger partial charge in [-0.15, -0.1) is 0 Å². The van der Waals surface area contributed by atoms with E-state index in [1.165, 1.54) is 18.4 Å². The fraction of sp³-hybridized carbons (Fsp3) is 0.462. The largest absolute Gasteiger partial charge is 0.494 e. The van der Waals surface area contributed by atoms with Gasteiger partial charge in [-0.3, -0.25) is 4.72 Å². The van der Waals surface area contributed by atoms with Gasteiger partial charge in [-0.05, 0) is 18.4 Å². The number of aromatic nitrogens is 1. The Labute approximate surface area is 128 Å². The molecule has 1 heterocycles.